The fraction of sp³-hybridized carbons (Fsp3) is 0.750. The highest BCUT2D eigenvalue weighted by atomic mass is 16.6. The summed E-state index contributed by atoms with van der Waals surface area (Å²) >= 11 is 0. The fourth-order valence-electron chi connectivity index (χ4n) is 6.29. The van der Waals surface area contributed by atoms with E-state index < -0.39 is 47.7 Å². The molecule has 8 heteroatoms. The Labute approximate surface area is 241 Å². The highest BCUT2D eigenvalue weighted by Crippen LogP contribution is 2.51. The summed E-state index contributed by atoms with van der Waals surface area (Å²) in [6.45, 7) is 17.1. The number of aliphatic hydroxyl groups is 1. The second-order valence-corrected chi connectivity index (χ2v) is 14.1. The number of nitrogens with zero attached hydrogens (tertiary/aromatic N) is 1. The molecule has 226 valence electrons. The van der Waals surface area contributed by atoms with Gasteiger partial charge in [0, 0.05) is 13.0 Å². The minimum atomic E-state index is -0.659. The van der Waals surface area contributed by atoms with Crippen LogP contribution in [0.1, 0.15) is 93.2 Å². The van der Waals surface area contributed by atoms with Gasteiger partial charge in [-0.2, -0.15) is 0 Å². The molecule has 2 fully saturated rings. The lowest BCUT2D eigenvalue weighted by atomic mass is 9.77. The van der Waals surface area contributed by atoms with Crippen molar-refractivity contribution in [2.24, 2.45) is 23.7 Å². The molecule has 8 atom stereocenters. The molecular weight excluding hydrogens is 508 g/mol. The van der Waals surface area contributed by atoms with Gasteiger partial charge in [-0.05, 0) is 91.0 Å². The minimum Gasteiger partial charge on any atom is -0.444 e. The zero-order chi connectivity index (χ0) is 30.0. The Morgan fingerprint density at radius 1 is 0.950 bits per heavy atom. The molecule has 2 amide bonds. The number of benzene rings is 1. The number of alkyl carbamates (subject to hydrolysis) is 1. The normalized spacial score (nSPS) is 25.7. The summed E-state index contributed by atoms with van der Waals surface area (Å²) in [5.41, 5.74) is -0.372. The summed E-state index contributed by atoms with van der Waals surface area (Å²) in [6.07, 6.45) is 0.581. The number of fused-ring (bicyclic) bond motifs is 2. The Bertz CT molecular complexity index is 983. The number of likely N-dealkylation sites (N-methyl/N-ethyl adjacent to an activating group) is 1. The van der Waals surface area contributed by atoms with E-state index in [0.29, 0.717) is 5.92 Å². The SMILES string of the molecule is CC(C)[C@@H](O[C@H](c1ccccc1)[C@H](C)N(C)C(=O)OC(C)(C)C)C(NC(=O)OC(C)(C)C)[C@H]1[C@@H]2CC[C@@H](C2)[C@H]1O. The first-order valence-corrected chi connectivity index (χ1v) is 14.8. The summed E-state index contributed by atoms with van der Waals surface area (Å²) in [4.78, 5) is 27.8. The van der Waals surface area contributed by atoms with Crippen molar-refractivity contribution in [3.63, 3.8) is 0 Å². The van der Waals surface area contributed by atoms with Crippen LogP contribution in [0.2, 0.25) is 0 Å². The Hall–Kier alpha value is -2.32. The van der Waals surface area contributed by atoms with Gasteiger partial charge in [0.05, 0.1) is 24.3 Å². The van der Waals surface area contributed by atoms with Gasteiger partial charge in [-0.25, -0.2) is 9.59 Å². The van der Waals surface area contributed by atoms with Gasteiger partial charge in [0.25, 0.3) is 0 Å². The number of aliphatic hydroxyl groups excluding tert-OH is 1. The molecule has 3 rings (SSSR count). The molecule has 2 bridgehead atoms. The number of amides is 2. The van der Waals surface area contributed by atoms with Gasteiger partial charge in [-0.15, -0.1) is 0 Å². The van der Waals surface area contributed by atoms with Crippen molar-refractivity contribution in [2.45, 2.75) is 123 Å². The van der Waals surface area contributed by atoms with Crippen molar-refractivity contribution in [1.29, 1.82) is 0 Å². The largest absolute Gasteiger partial charge is 0.444 e. The Morgan fingerprint density at radius 3 is 2.02 bits per heavy atom. The van der Waals surface area contributed by atoms with Crippen molar-refractivity contribution < 1.29 is 28.9 Å². The van der Waals surface area contributed by atoms with Gasteiger partial charge in [0.15, 0.2) is 0 Å². The summed E-state index contributed by atoms with van der Waals surface area (Å²) in [5, 5.41) is 14.5. The summed E-state index contributed by atoms with van der Waals surface area (Å²) in [6, 6.07) is 8.98. The van der Waals surface area contributed by atoms with E-state index in [2.05, 4.69) is 19.2 Å². The average Bonchev–Trinajstić information content (AvgIpc) is 3.42. The minimum absolute atomic E-state index is 0.00323. The molecule has 1 aromatic carbocycles. The van der Waals surface area contributed by atoms with E-state index in [1.165, 1.54) is 0 Å². The molecule has 2 aliphatic rings. The smallest absolute Gasteiger partial charge is 0.410 e. The number of carbonyl (C=O) groups excluding carboxylic acids is 2. The van der Waals surface area contributed by atoms with Crippen LogP contribution in [-0.2, 0) is 14.2 Å². The molecule has 0 aliphatic heterocycles. The first-order chi connectivity index (χ1) is 18.5. The van der Waals surface area contributed by atoms with E-state index >= 15 is 0 Å². The Kier molecular flexibility index (Phi) is 10.2. The van der Waals surface area contributed by atoms with Crippen molar-refractivity contribution in [1.82, 2.24) is 10.2 Å². The number of hydrogen-bond donors (Lipinski definition) is 2. The number of carbonyl (C=O) groups is 2. The van der Waals surface area contributed by atoms with E-state index in [1.54, 1.807) is 11.9 Å². The molecule has 2 aliphatic carbocycles. The standard InChI is InChI=1S/C32H52N2O6/c1-19(2)27(25(33-29(36)39-31(4,5)6)24-22-16-17-23(18-22)26(24)35)38-28(21-14-12-11-13-15-21)20(3)34(10)30(37)40-32(7,8)9/h11-15,19-20,22-28,35H,16-18H2,1-10H3,(H,33,36)/t20-,22+,23-,24+,25?,26+,27+,28-/m0/s1. The molecule has 0 radical (unpaired) electrons. The first kappa shape index (κ1) is 32.2. The molecule has 2 N–H and O–H groups in total. The lowest BCUT2D eigenvalue weighted by molar-refractivity contribution is -0.107. The van der Waals surface area contributed by atoms with Gasteiger partial charge in [0.2, 0.25) is 0 Å². The number of nitrogens with one attached hydrogen (secondary N) is 1. The number of rotatable bonds is 9. The van der Waals surface area contributed by atoms with Crippen molar-refractivity contribution in [2.75, 3.05) is 7.05 Å². The maximum absolute atomic E-state index is 13.1. The predicted molar refractivity (Wildman–Crippen MR) is 156 cm³/mol. The number of hydrogen-bond acceptors (Lipinski definition) is 6. The highest BCUT2D eigenvalue weighted by Gasteiger charge is 2.53. The lowest BCUT2D eigenvalue weighted by Gasteiger charge is -2.43. The number of ether oxygens (including phenoxy) is 3. The molecule has 0 saturated heterocycles. The highest BCUT2D eigenvalue weighted by molar-refractivity contribution is 5.68. The molecule has 0 aromatic heterocycles. The molecular formula is C32H52N2O6. The first-order valence-electron chi connectivity index (χ1n) is 14.8. The zero-order valence-electron chi connectivity index (χ0n) is 26.1. The molecule has 2 saturated carbocycles. The van der Waals surface area contributed by atoms with Crippen LogP contribution in [0.4, 0.5) is 9.59 Å². The van der Waals surface area contributed by atoms with E-state index in [9.17, 15) is 14.7 Å². The molecule has 40 heavy (non-hydrogen) atoms. The van der Waals surface area contributed by atoms with Gasteiger partial charge in [-0.3, -0.25) is 0 Å². The average molecular weight is 561 g/mol. The topological polar surface area (TPSA) is 97.3 Å². The van der Waals surface area contributed by atoms with Crippen LogP contribution in [-0.4, -0.2) is 64.7 Å². The van der Waals surface area contributed by atoms with Gasteiger partial charge >= 0.3 is 12.2 Å². The van der Waals surface area contributed by atoms with Crippen molar-refractivity contribution in [3.8, 4) is 0 Å². The third-order valence-corrected chi connectivity index (χ3v) is 8.21. The fourth-order valence-corrected chi connectivity index (χ4v) is 6.29. The third-order valence-electron chi connectivity index (χ3n) is 8.21. The van der Waals surface area contributed by atoms with Crippen LogP contribution < -0.4 is 5.32 Å². The van der Waals surface area contributed by atoms with Crippen LogP contribution in [0, 0.1) is 23.7 Å². The molecule has 0 heterocycles. The summed E-state index contributed by atoms with van der Waals surface area (Å²) < 4.78 is 18.3. The lowest BCUT2D eigenvalue weighted by Crippen LogP contribution is -2.57. The van der Waals surface area contributed by atoms with Crippen LogP contribution in [0.3, 0.4) is 0 Å². The maximum Gasteiger partial charge on any atom is 0.410 e. The summed E-state index contributed by atoms with van der Waals surface area (Å²) in [7, 11) is 1.72. The van der Waals surface area contributed by atoms with E-state index in [-0.39, 0.29) is 23.8 Å². The van der Waals surface area contributed by atoms with Crippen molar-refractivity contribution in [3.05, 3.63) is 35.9 Å². The predicted octanol–water partition coefficient (Wildman–Crippen LogP) is 6.32. The zero-order valence-corrected chi connectivity index (χ0v) is 26.1. The summed E-state index contributed by atoms with van der Waals surface area (Å²) in [5.74, 6) is 0.403. The van der Waals surface area contributed by atoms with Crippen molar-refractivity contribution >= 4 is 12.2 Å². The van der Waals surface area contributed by atoms with Crippen LogP contribution in [0.5, 0.6) is 0 Å². The third kappa shape index (κ3) is 8.12. The van der Waals surface area contributed by atoms with Crippen LogP contribution in [0.25, 0.3) is 0 Å². The van der Waals surface area contributed by atoms with E-state index in [0.717, 1.165) is 24.8 Å². The molecule has 1 unspecified atom stereocenters. The monoisotopic (exact) mass is 560 g/mol. The van der Waals surface area contributed by atoms with Gasteiger partial charge in [-0.1, -0.05) is 44.2 Å². The van der Waals surface area contributed by atoms with E-state index in [4.69, 9.17) is 14.2 Å². The van der Waals surface area contributed by atoms with Gasteiger partial charge < -0.3 is 29.5 Å². The van der Waals surface area contributed by atoms with Gasteiger partial charge in [0.1, 0.15) is 17.3 Å². The quantitative estimate of drug-likeness (QED) is 0.367. The molecule has 1 aromatic rings. The maximum atomic E-state index is 13.1. The Balaban J connectivity index is 1.97. The van der Waals surface area contributed by atoms with Crippen LogP contribution in [0.15, 0.2) is 30.3 Å². The second kappa shape index (κ2) is 12.7. The molecule has 8 nitrogen and oxygen atoms in total. The van der Waals surface area contributed by atoms with Crippen LogP contribution >= 0.6 is 0 Å². The van der Waals surface area contributed by atoms with E-state index in [1.807, 2.05) is 78.8 Å². The molecule has 0 spiro atoms. The second-order valence-electron chi connectivity index (χ2n) is 14.1. The Morgan fingerprint density at radius 2 is 1.52 bits per heavy atom.